The van der Waals surface area contributed by atoms with E-state index in [-0.39, 0.29) is 19.3 Å². The van der Waals surface area contributed by atoms with E-state index < -0.39 is 5.97 Å². The molecule has 1 atom stereocenters. The van der Waals surface area contributed by atoms with E-state index >= 15 is 0 Å². The molecule has 1 unspecified atom stereocenters. The summed E-state index contributed by atoms with van der Waals surface area (Å²) in [5.74, 6) is -0.168. The van der Waals surface area contributed by atoms with Gasteiger partial charge in [-0.2, -0.15) is 0 Å². The first-order valence-electron chi connectivity index (χ1n) is 6.46. The summed E-state index contributed by atoms with van der Waals surface area (Å²) in [4.78, 5) is 10.3. The van der Waals surface area contributed by atoms with Gasteiger partial charge in [0.2, 0.25) is 11.8 Å². The summed E-state index contributed by atoms with van der Waals surface area (Å²) in [6, 6.07) is 0. The molecular weight excluding hydrogens is 252 g/mol. The monoisotopic (exact) mass is 270 g/mol. The van der Waals surface area contributed by atoms with Gasteiger partial charge < -0.3 is 19.0 Å². The molecule has 7 heteroatoms. The Hall–Kier alpha value is -1.47. The maximum absolute atomic E-state index is 10.3. The Bertz CT molecular complexity index is 401. The van der Waals surface area contributed by atoms with Crippen LogP contribution >= 0.6 is 0 Å². The van der Waals surface area contributed by atoms with Gasteiger partial charge in [0.1, 0.15) is 13.2 Å². The molecule has 2 heterocycles. The van der Waals surface area contributed by atoms with Crippen LogP contribution in [0.5, 0.6) is 0 Å². The van der Waals surface area contributed by atoms with Gasteiger partial charge >= 0.3 is 5.97 Å². The second-order valence-electron chi connectivity index (χ2n) is 4.50. The maximum atomic E-state index is 10.3. The van der Waals surface area contributed by atoms with E-state index in [9.17, 15) is 4.79 Å². The summed E-state index contributed by atoms with van der Waals surface area (Å²) in [5, 5.41) is 16.1. The zero-order valence-corrected chi connectivity index (χ0v) is 10.7. The van der Waals surface area contributed by atoms with E-state index in [0.717, 1.165) is 25.9 Å². The van der Waals surface area contributed by atoms with Crippen molar-refractivity contribution in [3.63, 3.8) is 0 Å². The molecule has 1 fully saturated rings. The van der Waals surface area contributed by atoms with E-state index in [1.54, 1.807) is 0 Å². The predicted octanol–water partition coefficient (Wildman–Crippen LogP) is 1.17. The topological polar surface area (TPSA) is 94.7 Å². The fourth-order valence-electron chi connectivity index (χ4n) is 1.99. The molecule has 7 nitrogen and oxygen atoms in total. The zero-order valence-electron chi connectivity index (χ0n) is 10.7. The highest BCUT2D eigenvalue weighted by molar-refractivity contribution is 5.67. The molecule has 106 valence electrons. The number of rotatable bonds is 7. The van der Waals surface area contributed by atoms with Crippen LogP contribution in [0.25, 0.3) is 0 Å². The van der Waals surface area contributed by atoms with Crippen LogP contribution in [0.4, 0.5) is 0 Å². The van der Waals surface area contributed by atoms with Crippen molar-refractivity contribution < 1.29 is 23.8 Å². The van der Waals surface area contributed by atoms with Gasteiger partial charge in [0.05, 0.1) is 6.10 Å². The summed E-state index contributed by atoms with van der Waals surface area (Å²) in [5.41, 5.74) is 0. The van der Waals surface area contributed by atoms with Crippen molar-refractivity contribution in [1.82, 2.24) is 10.2 Å². The second-order valence-corrected chi connectivity index (χ2v) is 4.50. The Kier molecular flexibility index (Phi) is 5.29. The number of carboxylic acid groups (broad SMARTS) is 1. The highest BCUT2D eigenvalue weighted by atomic mass is 16.5. The molecule has 0 radical (unpaired) electrons. The van der Waals surface area contributed by atoms with Crippen LogP contribution < -0.4 is 0 Å². The number of hydrogen-bond acceptors (Lipinski definition) is 6. The lowest BCUT2D eigenvalue weighted by Gasteiger charge is -2.21. The number of aromatic nitrogens is 2. The number of carboxylic acids is 1. The summed E-state index contributed by atoms with van der Waals surface area (Å²) in [6.07, 6.45) is 5.27. The molecule has 0 bridgehead atoms. The van der Waals surface area contributed by atoms with Crippen LogP contribution in [0, 0.1) is 0 Å². The number of aryl methyl sites for hydroxylation is 1. The lowest BCUT2D eigenvalue weighted by atomic mass is 10.0. The van der Waals surface area contributed by atoms with Crippen LogP contribution in [0.2, 0.25) is 0 Å². The van der Waals surface area contributed by atoms with E-state index in [1.807, 2.05) is 0 Å². The third-order valence-corrected chi connectivity index (χ3v) is 2.91. The first kappa shape index (κ1) is 14.0. The summed E-state index contributed by atoms with van der Waals surface area (Å²) >= 11 is 0. The normalized spacial score (nSPS) is 19.5. The van der Waals surface area contributed by atoms with Crippen LogP contribution in [-0.2, 0) is 27.3 Å². The Balaban J connectivity index is 1.69. The van der Waals surface area contributed by atoms with Crippen molar-refractivity contribution in [3.05, 3.63) is 11.8 Å². The first-order chi connectivity index (χ1) is 9.24. The quantitative estimate of drug-likeness (QED) is 0.794. The molecule has 1 aromatic heterocycles. The molecule has 0 amide bonds. The van der Waals surface area contributed by atoms with Crippen molar-refractivity contribution in [2.45, 2.75) is 44.8 Å². The van der Waals surface area contributed by atoms with Crippen molar-refractivity contribution >= 4 is 5.97 Å². The van der Waals surface area contributed by atoms with E-state index in [2.05, 4.69) is 10.2 Å². The average molecular weight is 270 g/mol. The molecule has 19 heavy (non-hydrogen) atoms. The predicted molar refractivity (Wildman–Crippen MR) is 63.5 cm³/mol. The third-order valence-electron chi connectivity index (χ3n) is 2.91. The lowest BCUT2D eigenvalue weighted by Crippen LogP contribution is -2.19. The van der Waals surface area contributed by atoms with E-state index in [0.29, 0.717) is 18.2 Å². The largest absolute Gasteiger partial charge is 0.480 e. The summed E-state index contributed by atoms with van der Waals surface area (Å²) in [7, 11) is 0. The van der Waals surface area contributed by atoms with Gasteiger partial charge in [-0.15, -0.1) is 10.2 Å². The fourth-order valence-corrected chi connectivity index (χ4v) is 1.99. The number of ether oxygens (including phenoxy) is 2. The lowest BCUT2D eigenvalue weighted by molar-refractivity contribution is -0.142. The standard InChI is InChI=1S/C12H18N2O5/c15-12(16)8-17-7-11-14-13-10(19-11)5-4-9-3-1-2-6-18-9/h9H,1-8H2,(H,15,16). The van der Waals surface area contributed by atoms with Gasteiger partial charge in [-0.1, -0.05) is 0 Å². The van der Waals surface area contributed by atoms with Gasteiger partial charge in [-0.25, -0.2) is 4.79 Å². The molecule has 0 spiro atoms. The van der Waals surface area contributed by atoms with E-state index in [4.69, 9.17) is 19.0 Å². The highest BCUT2D eigenvalue weighted by Gasteiger charge is 2.15. The SMILES string of the molecule is O=C(O)COCc1nnc(CCC2CCCCO2)o1. The molecule has 1 N–H and O–H groups in total. The van der Waals surface area contributed by atoms with Crippen molar-refractivity contribution in [1.29, 1.82) is 0 Å². The van der Waals surface area contributed by atoms with Gasteiger partial charge in [0, 0.05) is 13.0 Å². The van der Waals surface area contributed by atoms with Gasteiger partial charge in [0.15, 0.2) is 0 Å². The first-order valence-corrected chi connectivity index (χ1v) is 6.46. The highest BCUT2D eigenvalue weighted by Crippen LogP contribution is 2.17. The molecule has 0 aliphatic carbocycles. The summed E-state index contributed by atoms with van der Waals surface area (Å²) < 4.78 is 15.8. The minimum atomic E-state index is -1.02. The number of aliphatic carboxylic acids is 1. The molecule has 1 aromatic rings. The zero-order chi connectivity index (χ0) is 13.5. The molecule has 1 aliphatic heterocycles. The van der Waals surface area contributed by atoms with Gasteiger partial charge in [0.25, 0.3) is 0 Å². The minimum absolute atomic E-state index is 0.0270. The van der Waals surface area contributed by atoms with Crippen molar-refractivity contribution in [2.24, 2.45) is 0 Å². The van der Waals surface area contributed by atoms with Gasteiger partial charge in [-0.3, -0.25) is 0 Å². The number of carbonyl (C=O) groups is 1. The smallest absolute Gasteiger partial charge is 0.329 e. The molecule has 0 saturated carbocycles. The van der Waals surface area contributed by atoms with Crippen LogP contribution in [0.3, 0.4) is 0 Å². The van der Waals surface area contributed by atoms with Crippen LogP contribution in [-0.4, -0.2) is 40.6 Å². The second kappa shape index (κ2) is 7.20. The number of hydrogen-bond donors (Lipinski definition) is 1. The molecule has 1 aliphatic rings. The Morgan fingerprint density at radius 3 is 2.95 bits per heavy atom. The van der Waals surface area contributed by atoms with Crippen molar-refractivity contribution in [2.75, 3.05) is 13.2 Å². The van der Waals surface area contributed by atoms with Crippen molar-refractivity contribution in [3.8, 4) is 0 Å². The Morgan fingerprint density at radius 1 is 1.37 bits per heavy atom. The molecule has 1 saturated heterocycles. The van der Waals surface area contributed by atoms with E-state index in [1.165, 1.54) is 6.42 Å². The van der Waals surface area contributed by atoms with Gasteiger partial charge in [-0.05, 0) is 25.7 Å². The molecule has 2 rings (SSSR count). The van der Waals surface area contributed by atoms with Crippen LogP contribution in [0.15, 0.2) is 4.42 Å². The van der Waals surface area contributed by atoms with Crippen LogP contribution in [0.1, 0.15) is 37.5 Å². The number of nitrogens with zero attached hydrogens (tertiary/aromatic N) is 2. The molecular formula is C12H18N2O5. The maximum Gasteiger partial charge on any atom is 0.329 e. The average Bonchev–Trinajstić information content (AvgIpc) is 2.85. The fraction of sp³-hybridized carbons (Fsp3) is 0.750. The third kappa shape index (κ3) is 4.96. The minimum Gasteiger partial charge on any atom is -0.480 e. The molecule has 0 aromatic carbocycles. The summed E-state index contributed by atoms with van der Waals surface area (Å²) in [6.45, 7) is 0.496. The Labute approximate surface area is 110 Å². The Morgan fingerprint density at radius 2 is 2.21 bits per heavy atom.